The number of hydrogen-bond acceptors (Lipinski definition) is 2. The van der Waals surface area contributed by atoms with Crippen molar-refractivity contribution in [1.82, 2.24) is 0 Å². The average molecular weight is 350 g/mol. The van der Waals surface area contributed by atoms with Crippen LogP contribution < -0.4 is 0 Å². The van der Waals surface area contributed by atoms with Gasteiger partial charge in [-0.3, -0.25) is 4.79 Å². The van der Waals surface area contributed by atoms with E-state index in [2.05, 4.69) is 36.4 Å². The van der Waals surface area contributed by atoms with Gasteiger partial charge in [-0.15, -0.1) is 29.8 Å². The first-order valence-electron chi connectivity index (χ1n) is 6.87. The third kappa shape index (κ3) is 6.48. The molecule has 0 heterocycles. The minimum Gasteiger partial charge on any atom is -0.288 e. The fourth-order valence-electron chi connectivity index (χ4n) is 1.87. The molecule has 22 heavy (non-hydrogen) atoms. The molecule has 0 spiro atoms. The van der Waals surface area contributed by atoms with Crippen LogP contribution in [0.1, 0.15) is 12.5 Å². The Morgan fingerprint density at radius 1 is 1.05 bits per heavy atom. The van der Waals surface area contributed by atoms with Gasteiger partial charge in [0.15, 0.2) is 5.12 Å². The molecule has 0 N–H and O–H groups in total. The van der Waals surface area contributed by atoms with Crippen LogP contribution in [0.2, 0.25) is 0 Å². The van der Waals surface area contributed by atoms with E-state index in [1.54, 1.807) is 6.92 Å². The first-order valence-corrected chi connectivity index (χ1v) is 7.85. The monoisotopic (exact) mass is 350 g/mol. The first-order chi connectivity index (χ1) is 10.3. The quantitative estimate of drug-likeness (QED) is 0.474. The van der Waals surface area contributed by atoms with E-state index in [1.807, 2.05) is 42.5 Å². The van der Waals surface area contributed by atoms with Crippen molar-refractivity contribution in [2.75, 3.05) is 0 Å². The summed E-state index contributed by atoms with van der Waals surface area (Å²) < 4.78 is 0. The van der Waals surface area contributed by atoms with Crippen molar-refractivity contribution in [1.29, 1.82) is 0 Å². The van der Waals surface area contributed by atoms with Gasteiger partial charge in [0.1, 0.15) is 0 Å². The number of hydrogen-bond donors (Lipinski definition) is 0. The van der Waals surface area contributed by atoms with Crippen molar-refractivity contribution < 1.29 is 21.9 Å². The number of benzene rings is 1. The number of carbonyl (C=O) groups excluding carboxylic acids is 1. The summed E-state index contributed by atoms with van der Waals surface area (Å²) in [6.07, 6.45) is 0. The van der Waals surface area contributed by atoms with Crippen LogP contribution in [0.25, 0.3) is 11.1 Å². The second-order valence-electron chi connectivity index (χ2n) is 4.61. The topological polar surface area (TPSA) is 17.1 Å². The second-order valence-corrected chi connectivity index (χ2v) is 5.77. The molecule has 0 saturated carbocycles. The van der Waals surface area contributed by atoms with Crippen LogP contribution in [-0.4, -0.2) is 5.12 Å². The van der Waals surface area contributed by atoms with E-state index in [4.69, 9.17) is 0 Å². The van der Waals surface area contributed by atoms with Gasteiger partial charge in [0.25, 0.3) is 0 Å². The van der Waals surface area contributed by atoms with E-state index in [-0.39, 0.29) is 22.2 Å². The molecule has 0 aromatic heterocycles. The number of thioether (sulfide) groups is 1. The van der Waals surface area contributed by atoms with E-state index in [0.717, 1.165) is 5.75 Å². The van der Waals surface area contributed by atoms with Crippen molar-refractivity contribution in [2.24, 2.45) is 0 Å². The van der Waals surface area contributed by atoms with E-state index < -0.39 is 0 Å². The zero-order chi connectivity index (χ0) is 14.9. The fraction of sp³-hybridized carbons (Fsp3) is 0.105. The summed E-state index contributed by atoms with van der Waals surface area (Å²) in [6.45, 7) is 1.60. The van der Waals surface area contributed by atoms with Gasteiger partial charge in [-0.25, -0.2) is 12.1 Å². The van der Waals surface area contributed by atoms with E-state index in [9.17, 15) is 4.79 Å². The molecule has 0 aliphatic rings. The fourth-order valence-corrected chi connectivity index (χ4v) is 2.43. The SMILES string of the molecule is CC(=O)SCc1ccc(-[c-]2cccc2)cc1.[Fe+2].c1cc[cH-]c1. The Morgan fingerprint density at radius 3 is 2.09 bits per heavy atom. The molecule has 0 amide bonds. The molecule has 0 aliphatic heterocycles. The van der Waals surface area contributed by atoms with Gasteiger partial charge in [-0.2, -0.15) is 30.3 Å². The van der Waals surface area contributed by atoms with Gasteiger partial charge < -0.3 is 0 Å². The summed E-state index contributed by atoms with van der Waals surface area (Å²) in [4.78, 5) is 10.8. The average Bonchev–Trinajstić information content (AvgIpc) is 3.21. The Morgan fingerprint density at radius 2 is 1.64 bits per heavy atom. The third-order valence-electron chi connectivity index (χ3n) is 2.95. The smallest absolute Gasteiger partial charge is 0.288 e. The molecule has 0 unspecified atom stereocenters. The summed E-state index contributed by atoms with van der Waals surface area (Å²) in [5.74, 6) is 0.761. The van der Waals surface area contributed by atoms with Crippen molar-refractivity contribution in [2.45, 2.75) is 12.7 Å². The first kappa shape index (κ1) is 18.5. The predicted octanol–water partition coefficient (Wildman–Crippen LogP) is 5.26. The summed E-state index contributed by atoms with van der Waals surface area (Å²) in [5.41, 5.74) is 3.66. The molecule has 3 aromatic carbocycles. The molecule has 0 radical (unpaired) electrons. The molecule has 0 fully saturated rings. The summed E-state index contributed by atoms with van der Waals surface area (Å²) in [6, 6.07) is 26.6. The van der Waals surface area contributed by atoms with Crippen LogP contribution in [0.15, 0.2) is 78.9 Å². The van der Waals surface area contributed by atoms with Crippen molar-refractivity contribution >= 4 is 16.9 Å². The van der Waals surface area contributed by atoms with E-state index in [1.165, 1.54) is 28.5 Å². The van der Waals surface area contributed by atoms with Crippen molar-refractivity contribution in [3.05, 3.63) is 84.4 Å². The minimum absolute atomic E-state index is 0. The van der Waals surface area contributed by atoms with E-state index >= 15 is 0 Å². The molecule has 3 aromatic rings. The molecule has 0 atom stereocenters. The molecular formula is C19H18FeOS. The van der Waals surface area contributed by atoms with Gasteiger partial charge in [0.05, 0.1) is 0 Å². The zero-order valence-electron chi connectivity index (χ0n) is 12.4. The van der Waals surface area contributed by atoms with Gasteiger partial charge in [-0.05, 0) is 0 Å². The normalized spacial score (nSPS) is 9.32. The number of rotatable bonds is 3. The Labute approximate surface area is 147 Å². The van der Waals surface area contributed by atoms with Gasteiger partial charge >= 0.3 is 17.1 Å². The molecule has 0 aliphatic carbocycles. The van der Waals surface area contributed by atoms with Gasteiger partial charge in [0, 0.05) is 12.7 Å². The Hall–Kier alpha value is -1.54. The maximum Gasteiger partial charge on any atom is 2.00 e. The number of carbonyl (C=O) groups is 1. The molecule has 0 bridgehead atoms. The zero-order valence-corrected chi connectivity index (χ0v) is 14.3. The Bertz CT molecular complexity index is 607. The summed E-state index contributed by atoms with van der Waals surface area (Å²) >= 11 is 1.35. The van der Waals surface area contributed by atoms with Crippen molar-refractivity contribution in [3.63, 3.8) is 0 Å². The van der Waals surface area contributed by atoms with Crippen LogP contribution >= 0.6 is 11.8 Å². The molecule has 3 heteroatoms. The van der Waals surface area contributed by atoms with Crippen LogP contribution in [-0.2, 0) is 27.6 Å². The molecule has 0 saturated heterocycles. The van der Waals surface area contributed by atoms with Crippen LogP contribution in [0.4, 0.5) is 0 Å². The van der Waals surface area contributed by atoms with Gasteiger partial charge in [-0.1, -0.05) is 35.0 Å². The molecule has 3 rings (SSSR count). The maximum absolute atomic E-state index is 10.8. The third-order valence-corrected chi connectivity index (χ3v) is 3.83. The molecule has 114 valence electrons. The standard InChI is InChI=1S/C14H13OS.C5H5.Fe/c1-11(15)16-10-12-6-8-14(9-7-12)13-4-2-3-5-13;1-2-4-5-3-1;/h2-9H,10H2,1H3;1-5H;/q2*-1;+2. The maximum atomic E-state index is 10.8. The second kappa shape index (κ2) is 10.2. The molecule has 1 nitrogen and oxygen atoms in total. The summed E-state index contributed by atoms with van der Waals surface area (Å²) in [7, 11) is 0. The Kier molecular flexibility index (Phi) is 8.61. The predicted molar refractivity (Wildman–Crippen MR) is 91.5 cm³/mol. The van der Waals surface area contributed by atoms with Crippen LogP contribution in [0.5, 0.6) is 0 Å². The largest absolute Gasteiger partial charge is 2.00 e. The minimum atomic E-state index is 0. The van der Waals surface area contributed by atoms with Gasteiger partial charge in [0.2, 0.25) is 0 Å². The molecular weight excluding hydrogens is 332 g/mol. The van der Waals surface area contributed by atoms with Crippen LogP contribution in [0.3, 0.4) is 0 Å². The van der Waals surface area contributed by atoms with Crippen molar-refractivity contribution in [3.8, 4) is 11.1 Å². The summed E-state index contributed by atoms with van der Waals surface area (Å²) in [5, 5.41) is 0.167. The Balaban J connectivity index is 0.000000344. The van der Waals surface area contributed by atoms with E-state index in [0.29, 0.717) is 0 Å². The van der Waals surface area contributed by atoms with Crippen LogP contribution in [0, 0.1) is 0 Å².